The van der Waals surface area contributed by atoms with Gasteiger partial charge in [0.1, 0.15) is 30.6 Å². The van der Waals surface area contributed by atoms with Gasteiger partial charge in [-0.15, -0.1) is 5.53 Å². The van der Waals surface area contributed by atoms with Crippen molar-refractivity contribution in [2.75, 3.05) is 42.9 Å². The molecule has 20 heteroatoms. The molecule has 5 amide bonds. The summed E-state index contributed by atoms with van der Waals surface area (Å²) in [6, 6.07) is 17.2. The van der Waals surface area contributed by atoms with E-state index in [1.165, 1.54) is 17.2 Å². The summed E-state index contributed by atoms with van der Waals surface area (Å²) in [5, 5.41) is 19.3. The number of urea groups is 1. The van der Waals surface area contributed by atoms with Gasteiger partial charge in [0.05, 0.1) is 22.4 Å². The van der Waals surface area contributed by atoms with Crippen molar-refractivity contribution in [3.8, 4) is 0 Å². The third-order valence-electron chi connectivity index (χ3n) is 10.7. The van der Waals surface area contributed by atoms with Crippen molar-refractivity contribution >= 4 is 52.4 Å². The molecule has 0 radical (unpaired) electrons. The minimum Gasteiger partial charge on any atom is -0.477 e. The second-order valence-corrected chi connectivity index (χ2v) is 15.4. The van der Waals surface area contributed by atoms with Crippen molar-refractivity contribution in [1.29, 1.82) is 0 Å². The molecule has 0 bridgehead atoms. The number of pyridine rings is 1. The first-order valence-electron chi connectivity index (χ1n) is 20.3. The van der Waals surface area contributed by atoms with Crippen LogP contribution >= 0.6 is 0 Å². The summed E-state index contributed by atoms with van der Waals surface area (Å²) in [7, 11) is 0. The standard InChI is InChI=1S/C43H51FN10O9/c1-4-51-23-31(39(57)58)37(55)30-21-32(44)35(22-34(30)51)52-17-19-53(20-18-52)42(61)63-26-28-12-14-29(15-13-28)47-38(56)33(11-8-16-46-40(45)59)54-24-36(49-50-54)43(2,3)48-41(60)62-25-27-9-6-5-7-10-27/h5-7,9-10,12-15,21-24,33,49-50H,4,8,11,16-20,25-26H2,1-3H3,(H,47,56)(H,48,60)(H,57,58)(H3,45,46,59)/t33-/m0/s1. The number of rotatable bonds is 16. The first-order valence-corrected chi connectivity index (χ1v) is 20.3. The van der Waals surface area contributed by atoms with Crippen molar-refractivity contribution in [1.82, 2.24) is 36.1 Å². The number of aromatic carboxylic acids is 1. The molecule has 1 aromatic heterocycles. The summed E-state index contributed by atoms with van der Waals surface area (Å²) >= 11 is 0. The number of carboxylic acids is 1. The second-order valence-electron chi connectivity index (χ2n) is 15.4. The molecule has 334 valence electrons. The first-order chi connectivity index (χ1) is 30.1. The van der Waals surface area contributed by atoms with Crippen molar-refractivity contribution in [3.05, 3.63) is 118 Å². The Morgan fingerprint density at radius 2 is 1.63 bits per heavy atom. The topological polar surface area (TPSA) is 242 Å². The zero-order valence-corrected chi connectivity index (χ0v) is 35.1. The molecular formula is C43H51FN10O9. The predicted molar refractivity (Wildman–Crippen MR) is 230 cm³/mol. The van der Waals surface area contributed by atoms with Gasteiger partial charge in [0.25, 0.3) is 0 Å². The molecule has 6 rings (SSSR count). The van der Waals surface area contributed by atoms with E-state index in [0.29, 0.717) is 41.9 Å². The summed E-state index contributed by atoms with van der Waals surface area (Å²) in [4.78, 5) is 78.3. The van der Waals surface area contributed by atoms with Gasteiger partial charge in [0.2, 0.25) is 11.3 Å². The molecule has 3 aromatic carbocycles. The lowest BCUT2D eigenvalue weighted by atomic mass is 10.0. The molecule has 0 aliphatic carbocycles. The normalized spacial score (nSPS) is 14.3. The van der Waals surface area contributed by atoms with Crippen LogP contribution in [0.3, 0.4) is 0 Å². The molecule has 1 saturated heterocycles. The fraction of sp³-hybridized carbons (Fsp3) is 0.349. The number of nitrogens with zero attached hydrogens (tertiary/aromatic N) is 4. The van der Waals surface area contributed by atoms with E-state index in [9.17, 15) is 33.9 Å². The van der Waals surface area contributed by atoms with Crippen LogP contribution in [0.5, 0.6) is 0 Å². The molecule has 2 aliphatic heterocycles. The molecule has 1 atom stereocenters. The summed E-state index contributed by atoms with van der Waals surface area (Å²) < 4.78 is 27.9. The number of hydrazine groups is 2. The van der Waals surface area contributed by atoms with Crippen LogP contribution < -0.4 is 43.0 Å². The van der Waals surface area contributed by atoms with Crippen molar-refractivity contribution in [2.45, 2.75) is 65.0 Å². The summed E-state index contributed by atoms with van der Waals surface area (Å²) in [6.07, 6.45) is 2.46. The smallest absolute Gasteiger partial charge is 0.410 e. The van der Waals surface area contributed by atoms with Gasteiger partial charge in [-0.25, -0.2) is 23.6 Å². The van der Waals surface area contributed by atoms with Gasteiger partial charge in [-0.05, 0) is 69.0 Å². The minimum atomic E-state index is -1.38. The van der Waals surface area contributed by atoms with E-state index in [1.54, 1.807) is 65.7 Å². The Bertz CT molecular complexity index is 2420. The maximum absolute atomic E-state index is 15.4. The summed E-state index contributed by atoms with van der Waals surface area (Å²) in [6.45, 7) is 7.06. The Morgan fingerprint density at radius 1 is 0.952 bits per heavy atom. The number of hydrogen-bond acceptors (Lipinski definition) is 12. The van der Waals surface area contributed by atoms with E-state index in [1.807, 2.05) is 30.3 Å². The number of carbonyl (C=O) groups is 5. The highest BCUT2D eigenvalue weighted by Gasteiger charge is 2.34. The summed E-state index contributed by atoms with van der Waals surface area (Å²) in [5.41, 5.74) is 12.3. The zero-order chi connectivity index (χ0) is 45.3. The van der Waals surface area contributed by atoms with E-state index in [4.69, 9.17) is 15.2 Å². The highest BCUT2D eigenvalue weighted by molar-refractivity contribution is 5.95. The maximum atomic E-state index is 15.4. The number of ether oxygens (including phenoxy) is 2. The minimum absolute atomic E-state index is 0.0231. The average molecular weight is 871 g/mol. The largest absolute Gasteiger partial charge is 0.477 e. The number of halogens is 1. The van der Waals surface area contributed by atoms with E-state index in [2.05, 4.69) is 26.9 Å². The van der Waals surface area contributed by atoms with Crippen LogP contribution in [0.25, 0.3) is 10.9 Å². The lowest BCUT2D eigenvalue weighted by Gasteiger charge is -2.35. The number of anilines is 2. The number of amides is 5. The van der Waals surface area contributed by atoms with E-state index >= 15 is 4.39 Å². The molecule has 19 nitrogen and oxygen atoms in total. The summed E-state index contributed by atoms with van der Waals surface area (Å²) in [5.74, 6) is -2.43. The fourth-order valence-corrected chi connectivity index (χ4v) is 7.13. The Kier molecular flexibility index (Phi) is 14.4. The molecule has 3 heterocycles. The molecule has 1 fully saturated rings. The third kappa shape index (κ3) is 11.3. The van der Waals surface area contributed by atoms with Crippen molar-refractivity contribution in [3.63, 3.8) is 0 Å². The number of fused-ring (bicyclic) bond motifs is 1. The predicted octanol–water partition coefficient (Wildman–Crippen LogP) is 3.94. The van der Waals surface area contributed by atoms with Crippen LogP contribution in [0.2, 0.25) is 0 Å². The quantitative estimate of drug-likeness (QED) is 0.0791. The number of carbonyl (C=O) groups excluding carboxylic acids is 4. The number of nitrogens with one attached hydrogen (secondary N) is 5. The van der Waals surface area contributed by atoms with Crippen LogP contribution in [0.1, 0.15) is 55.1 Å². The van der Waals surface area contributed by atoms with Gasteiger partial charge >= 0.3 is 24.2 Å². The number of primary amides is 1. The van der Waals surface area contributed by atoms with Crippen LogP contribution in [-0.2, 0) is 34.0 Å². The Hall–Kier alpha value is -7.35. The number of aromatic nitrogens is 1. The lowest BCUT2D eigenvalue weighted by molar-refractivity contribution is -0.121. The van der Waals surface area contributed by atoms with Crippen molar-refractivity contribution < 1.29 is 42.9 Å². The molecule has 4 aromatic rings. The first kappa shape index (κ1) is 45.2. The Labute approximate surface area is 361 Å². The zero-order valence-electron chi connectivity index (χ0n) is 35.1. The highest BCUT2D eigenvalue weighted by Crippen LogP contribution is 2.27. The molecular weight excluding hydrogens is 820 g/mol. The Morgan fingerprint density at radius 3 is 2.30 bits per heavy atom. The number of alkyl carbamates (subject to hydrolysis) is 1. The van der Waals surface area contributed by atoms with Gasteiger partial charge in [-0.2, -0.15) is 0 Å². The van der Waals surface area contributed by atoms with E-state index in [-0.39, 0.29) is 62.9 Å². The number of aryl methyl sites for hydroxylation is 1. The third-order valence-corrected chi connectivity index (χ3v) is 10.7. The van der Waals surface area contributed by atoms with Gasteiger partial charge in [-0.3, -0.25) is 14.6 Å². The van der Waals surface area contributed by atoms with E-state index in [0.717, 1.165) is 11.6 Å². The van der Waals surface area contributed by atoms with Crippen LogP contribution in [-0.4, -0.2) is 94.0 Å². The Balaban J connectivity index is 1.02. The molecule has 0 unspecified atom stereocenters. The van der Waals surface area contributed by atoms with Gasteiger partial charge in [0, 0.05) is 62.7 Å². The average Bonchev–Trinajstić information content (AvgIpc) is 3.77. The molecule has 0 spiro atoms. The molecule has 63 heavy (non-hydrogen) atoms. The van der Waals surface area contributed by atoms with Gasteiger partial charge in [-0.1, -0.05) is 42.5 Å². The molecule has 2 aliphatic rings. The molecule has 0 saturated carbocycles. The number of carboxylic acid groups (broad SMARTS) is 1. The van der Waals surface area contributed by atoms with Crippen LogP contribution in [0, 0.1) is 5.82 Å². The number of benzene rings is 3. The number of nitrogens with two attached hydrogens (primary N) is 1. The number of piperazine rings is 1. The van der Waals surface area contributed by atoms with Gasteiger partial charge < -0.3 is 56.1 Å². The van der Waals surface area contributed by atoms with E-state index < -0.39 is 52.6 Å². The maximum Gasteiger partial charge on any atom is 0.410 e. The van der Waals surface area contributed by atoms with Crippen LogP contribution in [0.15, 0.2) is 89.6 Å². The fourth-order valence-electron chi connectivity index (χ4n) is 7.13. The van der Waals surface area contributed by atoms with Crippen molar-refractivity contribution in [2.24, 2.45) is 5.73 Å². The lowest BCUT2D eigenvalue weighted by Crippen LogP contribution is -2.51. The SMILES string of the molecule is CCn1cc(C(=O)O)c(=O)c2cc(F)c(N3CCN(C(=O)OCc4ccc(NC(=O)[C@H](CCCNC(N)=O)N5C=C(C(C)(C)NC(=O)OCc6ccccc6)NN5)cc4)CC3)cc21. The monoisotopic (exact) mass is 870 g/mol. The molecule has 8 N–H and O–H groups in total. The second kappa shape index (κ2) is 20.0. The van der Waals surface area contributed by atoms with Crippen LogP contribution in [0.4, 0.5) is 30.1 Å². The number of hydrogen-bond donors (Lipinski definition) is 7. The highest BCUT2D eigenvalue weighted by atomic mass is 19.1. The van der Waals surface area contributed by atoms with Gasteiger partial charge in [0.15, 0.2) is 0 Å².